The maximum Gasteiger partial charge on any atom is 0.0467 e. The maximum atomic E-state index is 6.33. The minimum atomic E-state index is 0.840. The second-order valence-electron chi connectivity index (χ2n) is 5.91. The third kappa shape index (κ3) is 2.80. The molecular weight excluding hydrogens is 322 g/mol. The van der Waals surface area contributed by atoms with Crippen LogP contribution in [0.3, 0.4) is 0 Å². The summed E-state index contributed by atoms with van der Waals surface area (Å²) in [4.78, 5) is 2.56. The molecule has 1 saturated carbocycles. The molecule has 2 fully saturated rings. The summed E-state index contributed by atoms with van der Waals surface area (Å²) in [5.41, 5.74) is 2.59. The highest BCUT2D eigenvalue weighted by molar-refractivity contribution is 9.08. The van der Waals surface area contributed by atoms with Crippen LogP contribution >= 0.6 is 27.5 Å². The standard InChI is InChI=1S/C16H21BrClN/c17-10-14-15(18)6-3-7-16(14)19-9-8-12-4-1-2-5-13(12)11-19/h3,6-7,12-13H,1-2,4-5,8-11H2. The topological polar surface area (TPSA) is 3.24 Å². The van der Waals surface area contributed by atoms with Crippen LogP contribution in [-0.4, -0.2) is 13.1 Å². The Bertz CT molecular complexity index is 448. The normalized spacial score (nSPS) is 27.2. The van der Waals surface area contributed by atoms with Crippen LogP contribution in [-0.2, 0) is 5.33 Å². The van der Waals surface area contributed by atoms with E-state index in [1.54, 1.807) is 0 Å². The lowest BCUT2D eigenvalue weighted by Gasteiger charge is -2.43. The molecule has 1 aliphatic carbocycles. The van der Waals surface area contributed by atoms with Gasteiger partial charge in [-0.25, -0.2) is 0 Å². The third-order valence-electron chi connectivity index (χ3n) is 4.86. The molecule has 1 nitrogen and oxygen atoms in total. The zero-order valence-electron chi connectivity index (χ0n) is 11.2. The van der Waals surface area contributed by atoms with E-state index in [9.17, 15) is 0 Å². The molecule has 0 radical (unpaired) electrons. The van der Waals surface area contributed by atoms with E-state index in [-0.39, 0.29) is 0 Å². The summed E-state index contributed by atoms with van der Waals surface area (Å²) < 4.78 is 0. The molecule has 1 aliphatic heterocycles. The van der Waals surface area contributed by atoms with E-state index in [1.165, 1.54) is 56.4 Å². The summed E-state index contributed by atoms with van der Waals surface area (Å²) >= 11 is 9.91. The molecule has 19 heavy (non-hydrogen) atoms. The van der Waals surface area contributed by atoms with E-state index in [4.69, 9.17) is 11.6 Å². The van der Waals surface area contributed by atoms with Crippen LogP contribution in [0, 0.1) is 11.8 Å². The van der Waals surface area contributed by atoms with Crippen LogP contribution in [0.4, 0.5) is 5.69 Å². The molecule has 2 aliphatic rings. The molecule has 1 heterocycles. The van der Waals surface area contributed by atoms with Gasteiger partial charge in [0, 0.05) is 34.7 Å². The molecule has 1 aromatic carbocycles. The molecule has 1 saturated heterocycles. The van der Waals surface area contributed by atoms with Gasteiger partial charge in [-0.1, -0.05) is 52.9 Å². The van der Waals surface area contributed by atoms with Crippen LogP contribution in [0.2, 0.25) is 5.02 Å². The number of alkyl halides is 1. The summed E-state index contributed by atoms with van der Waals surface area (Å²) in [6, 6.07) is 6.30. The van der Waals surface area contributed by atoms with Gasteiger partial charge in [0.05, 0.1) is 0 Å². The smallest absolute Gasteiger partial charge is 0.0467 e. The second-order valence-corrected chi connectivity index (χ2v) is 6.88. The van der Waals surface area contributed by atoms with E-state index in [2.05, 4.69) is 33.0 Å². The number of piperidine rings is 1. The van der Waals surface area contributed by atoms with Crippen LogP contribution in [0.25, 0.3) is 0 Å². The molecular formula is C16H21BrClN. The summed E-state index contributed by atoms with van der Waals surface area (Å²) in [6.07, 6.45) is 7.12. The van der Waals surface area contributed by atoms with Gasteiger partial charge >= 0.3 is 0 Å². The molecule has 2 unspecified atom stereocenters. The Morgan fingerprint density at radius 2 is 1.95 bits per heavy atom. The number of anilines is 1. The molecule has 0 bridgehead atoms. The lowest BCUT2D eigenvalue weighted by atomic mass is 9.75. The number of benzene rings is 1. The molecule has 3 rings (SSSR count). The molecule has 3 heteroatoms. The Morgan fingerprint density at radius 1 is 1.16 bits per heavy atom. The van der Waals surface area contributed by atoms with E-state index in [0.717, 1.165) is 22.2 Å². The third-order valence-corrected chi connectivity index (χ3v) is 5.77. The van der Waals surface area contributed by atoms with Gasteiger partial charge in [0.2, 0.25) is 0 Å². The fourth-order valence-corrected chi connectivity index (χ4v) is 4.78. The average molecular weight is 343 g/mol. The summed E-state index contributed by atoms with van der Waals surface area (Å²) in [5, 5.41) is 1.73. The van der Waals surface area contributed by atoms with Gasteiger partial charge < -0.3 is 4.90 Å². The Kier molecular flexibility index (Phi) is 4.38. The lowest BCUT2D eigenvalue weighted by Crippen LogP contribution is -2.42. The fourth-order valence-electron chi connectivity index (χ4n) is 3.80. The van der Waals surface area contributed by atoms with E-state index < -0.39 is 0 Å². The van der Waals surface area contributed by atoms with Crippen molar-refractivity contribution in [3.05, 3.63) is 28.8 Å². The highest BCUT2D eigenvalue weighted by Crippen LogP contribution is 2.39. The number of hydrogen-bond donors (Lipinski definition) is 0. The van der Waals surface area contributed by atoms with Crippen LogP contribution in [0.5, 0.6) is 0 Å². The Morgan fingerprint density at radius 3 is 2.74 bits per heavy atom. The van der Waals surface area contributed by atoms with Crippen molar-refractivity contribution in [3.8, 4) is 0 Å². The number of fused-ring (bicyclic) bond motifs is 1. The van der Waals surface area contributed by atoms with Crippen molar-refractivity contribution < 1.29 is 0 Å². The number of halogens is 2. The zero-order chi connectivity index (χ0) is 13.2. The number of rotatable bonds is 2. The lowest BCUT2D eigenvalue weighted by molar-refractivity contribution is 0.202. The molecule has 0 spiro atoms. The first-order valence-corrected chi connectivity index (χ1v) is 8.88. The van der Waals surface area contributed by atoms with Crippen molar-refractivity contribution in [2.24, 2.45) is 11.8 Å². The van der Waals surface area contributed by atoms with Crippen LogP contribution in [0.1, 0.15) is 37.7 Å². The average Bonchev–Trinajstić information content (AvgIpc) is 2.46. The minimum absolute atomic E-state index is 0.840. The van der Waals surface area contributed by atoms with Crippen molar-refractivity contribution in [3.63, 3.8) is 0 Å². The highest BCUT2D eigenvalue weighted by atomic mass is 79.9. The molecule has 0 aromatic heterocycles. The quantitative estimate of drug-likeness (QED) is 0.663. The van der Waals surface area contributed by atoms with Gasteiger partial charge in [0.1, 0.15) is 0 Å². The van der Waals surface area contributed by atoms with Gasteiger partial charge in [0.15, 0.2) is 0 Å². The highest BCUT2D eigenvalue weighted by Gasteiger charge is 2.31. The van der Waals surface area contributed by atoms with Crippen molar-refractivity contribution in [1.29, 1.82) is 0 Å². The molecule has 104 valence electrons. The molecule has 0 amide bonds. The predicted molar refractivity (Wildman–Crippen MR) is 86.4 cm³/mol. The monoisotopic (exact) mass is 341 g/mol. The summed E-state index contributed by atoms with van der Waals surface area (Å²) in [6.45, 7) is 2.42. The van der Waals surface area contributed by atoms with Crippen molar-refractivity contribution in [2.75, 3.05) is 18.0 Å². The molecule has 1 aromatic rings. The Labute approximate surface area is 129 Å². The summed E-state index contributed by atoms with van der Waals surface area (Å²) in [5.74, 6) is 1.89. The van der Waals surface area contributed by atoms with Gasteiger partial charge in [0.25, 0.3) is 0 Å². The van der Waals surface area contributed by atoms with Crippen molar-refractivity contribution in [1.82, 2.24) is 0 Å². The zero-order valence-corrected chi connectivity index (χ0v) is 13.6. The van der Waals surface area contributed by atoms with Gasteiger partial charge in [-0.3, -0.25) is 0 Å². The number of nitrogens with zero attached hydrogens (tertiary/aromatic N) is 1. The first-order valence-electron chi connectivity index (χ1n) is 7.38. The Hall–Kier alpha value is -0.210. The van der Waals surface area contributed by atoms with E-state index in [1.807, 2.05) is 6.07 Å². The maximum absolute atomic E-state index is 6.33. The number of hydrogen-bond acceptors (Lipinski definition) is 1. The van der Waals surface area contributed by atoms with Crippen LogP contribution < -0.4 is 4.90 Å². The van der Waals surface area contributed by atoms with Gasteiger partial charge in [-0.15, -0.1) is 0 Å². The first kappa shape index (κ1) is 13.8. The van der Waals surface area contributed by atoms with E-state index in [0.29, 0.717) is 0 Å². The molecule has 2 atom stereocenters. The van der Waals surface area contributed by atoms with Gasteiger partial charge in [-0.05, 0) is 36.8 Å². The largest absolute Gasteiger partial charge is 0.371 e. The summed E-state index contributed by atoms with van der Waals surface area (Å²) in [7, 11) is 0. The van der Waals surface area contributed by atoms with Crippen molar-refractivity contribution >= 4 is 33.2 Å². The Balaban J connectivity index is 1.81. The van der Waals surface area contributed by atoms with Gasteiger partial charge in [-0.2, -0.15) is 0 Å². The van der Waals surface area contributed by atoms with E-state index >= 15 is 0 Å². The molecule has 0 N–H and O–H groups in total. The predicted octanol–water partition coefficient (Wildman–Crippen LogP) is 5.25. The first-order chi connectivity index (χ1) is 9.29. The fraction of sp³-hybridized carbons (Fsp3) is 0.625. The minimum Gasteiger partial charge on any atom is -0.371 e. The SMILES string of the molecule is Clc1cccc(N2CCC3CCCCC3C2)c1CBr. The van der Waals surface area contributed by atoms with Crippen LogP contribution in [0.15, 0.2) is 18.2 Å². The second kappa shape index (κ2) is 6.05. The van der Waals surface area contributed by atoms with Crippen molar-refractivity contribution in [2.45, 2.75) is 37.4 Å².